The molecule has 172 valence electrons. The molecule has 3 rings (SSSR count). The van der Waals surface area contributed by atoms with Crippen molar-refractivity contribution in [3.63, 3.8) is 0 Å². The van der Waals surface area contributed by atoms with E-state index in [-0.39, 0.29) is 5.91 Å². The monoisotopic (exact) mass is 437 g/mol. The third kappa shape index (κ3) is 6.15. The van der Waals surface area contributed by atoms with Crippen molar-refractivity contribution in [3.8, 4) is 5.75 Å². The molecule has 0 saturated carbocycles. The Bertz CT molecular complexity index is 911. The second kappa shape index (κ2) is 11.4. The molecule has 0 aromatic heterocycles. The van der Waals surface area contributed by atoms with E-state index in [0.717, 1.165) is 55.6 Å². The summed E-state index contributed by atoms with van der Waals surface area (Å²) in [5.41, 5.74) is 2.92. The molecule has 7 heteroatoms. The van der Waals surface area contributed by atoms with Crippen molar-refractivity contribution >= 4 is 17.6 Å². The molecule has 1 amide bonds. The normalized spacial score (nSPS) is 16.1. The predicted molar refractivity (Wildman–Crippen MR) is 131 cm³/mol. The molecule has 1 unspecified atom stereocenters. The summed E-state index contributed by atoms with van der Waals surface area (Å²) in [6.07, 6.45) is 1.13. The molecule has 0 spiro atoms. The number of carbonyl (C=O) groups excluding carboxylic acids is 1. The Morgan fingerprint density at radius 1 is 1.16 bits per heavy atom. The van der Waals surface area contributed by atoms with E-state index in [4.69, 9.17) is 9.73 Å². The van der Waals surface area contributed by atoms with Crippen LogP contribution in [0.15, 0.2) is 53.5 Å². The molecule has 1 fully saturated rings. The van der Waals surface area contributed by atoms with Gasteiger partial charge < -0.3 is 25.2 Å². The van der Waals surface area contributed by atoms with Gasteiger partial charge in [-0.2, -0.15) is 0 Å². The number of aliphatic imine (C=N–C) groups is 1. The van der Waals surface area contributed by atoms with Crippen molar-refractivity contribution in [1.29, 1.82) is 0 Å². The number of amides is 1. The number of hydrogen-bond donors (Lipinski definition) is 2. The van der Waals surface area contributed by atoms with E-state index < -0.39 is 0 Å². The smallest absolute Gasteiger partial charge is 0.253 e. The van der Waals surface area contributed by atoms with E-state index in [1.165, 1.54) is 0 Å². The van der Waals surface area contributed by atoms with Gasteiger partial charge in [0.05, 0.1) is 19.3 Å². The van der Waals surface area contributed by atoms with E-state index in [1.54, 1.807) is 26.1 Å². The summed E-state index contributed by atoms with van der Waals surface area (Å²) in [5.74, 6) is 2.29. The summed E-state index contributed by atoms with van der Waals surface area (Å²) >= 11 is 0. The Balaban J connectivity index is 1.54. The highest BCUT2D eigenvalue weighted by Gasteiger charge is 2.24. The summed E-state index contributed by atoms with van der Waals surface area (Å²) in [6.45, 7) is 6.32. The Morgan fingerprint density at radius 2 is 1.91 bits per heavy atom. The Hall–Kier alpha value is -3.22. The van der Waals surface area contributed by atoms with Crippen LogP contribution in [0.25, 0.3) is 0 Å². The van der Waals surface area contributed by atoms with E-state index in [1.807, 2.05) is 36.4 Å². The fraction of sp³-hybridized carbons (Fsp3) is 0.440. The Kier molecular flexibility index (Phi) is 8.36. The molecule has 2 aromatic carbocycles. The van der Waals surface area contributed by atoms with Crippen LogP contribution >= 0.6 is 0 Å². The van der Waals surface area contributed by atoms with Gasteiger partial charge in [-0.05, 0) is 49.1 Å². The third-order valence-corrected chi connectivity index (χ3v) is 5.64. The van der Waals surface area contributed by atoms with Crippen LogP contribution < -0.4 is 20.3 Å². The maximum Gasteiger partial charge on any atom is 0.253 e. The van der Waals surface area contributed by atoms with Crippen molar-refractivity contribution in [3.05, 3.63) is 59.7 Å². The van der Waals surface area contributed by atoms with E-state index in [9.17, 15) is 4.79 Å². The first kappa shape index (κ1) is 23.4. The van der Waals surface area contributed by atoms with Crippen LogP contribution in [0.1, 0.15) is 29.3 Å². The Labute approximate surface area is 191 Å². The lowest BCUT2D eigenvalue weighted by Gasteiger charge is -2.21. The lowest BCUT2D eigenvalue weighted by molar-refractivity contribution is 0.0827. The fourth-order valence-corrected chi connectivity index (χ4v) is 3.87. The molecule has 0 aliphatic carbocycles. The second-order valence-electron chi connectivity index (χ2n) is 8.25. The van der Waals surface area contributed by atoms with Crippen LogP contribution in [0.5, 0.6) is 5.75 Å². The number of nitrogens with zero attached hydrogens (tertiary/aromatic N) is 3. The third-order valence-electron chi connectivity index (χ3n) is 5.64. The number of benzene rings is 2. The number of ether oxygens (including phenoxy) is 1. The van der Waals surface area contributed by atoms with Crippen LogP contribution in [-0.2, 0) is 6.54 Å². The minimum absolute atomic E-state index is 0.00814. The Morgan fingerprint density at radius 3 is 2.59 bits per heavy atom. The maximum atomic E-state index is 12.0. The maximum absolute atomic E-state index is 12.0. The largest absolute Gasteiger partial charge is 0.495 e. The topological polar surface area (TPSA) is 69.2 Å². The summed E-state index contributed by atoms with van der Waals surface area (Å²) in [5, 5.41) is 6.83. The van der Waals surface area contributed by atoms with E-state index in [2.05, 4.69) is 34.6 Å². The quantitative estimate of drug-likeness (QED) is 0.491. The summed E-state index contributed by atoms with van der Waals surface area (Å²) in [6, 6.07) is 15.8. The van der Waals surface area contributed by atoms with Crippen molar-refractivity contribution < 1.29 is 9.53 Å². The van der Waals surface area contributed by atoms with Crippen molar-refractivity contribution in [2.24, 2.45) is 10.9 Å². The predicted octanol–water partition coefficient (Wildman–Crippen LogP) is 2.98. The fourth-order valence-electron chi connectivity index (χ4n) is 3.87. The van der Waals surface area contributed by atoms with Gasteiger partial charge in [-0.1, -0.05) is 24.3 Å². The average molecular weight is 438 g/mol. The number of nitrogens with one attached hydrogen (secondary N) is 2. The molecule has 0 bridgehead atoms. The van der Waals surface area contributed by atoms with Crippen molar-refractivity contribution in [1.82, 2.24) is 15.5 Å². The van der Waals surface area contributed by atoms with Gasteiger partial charge in [-0.3, -0.25) is 4.79 Å². The zero-order chi connectivity index (χ0) is 22.9. The summed E-state index contributed by atoms with van der Waals surface area (Å²) in [4.78, 5) is 20.7. The highest BCUT2D eigenvalue weighted by Crippen LogP contribution is 2.31. The molecule has 7 nitrogen and oxygen atoms in total. The number of guanidine groups is 1. The summed E-state index contributed by atoms with van der Waals surface area (Å²) < 4.78 is 5.52. The van der Waals surface area contributed by atoms with E-state index in [0.29, 0.717) is 18.0 Å². The molecule has 1 aliphatic heterocycles. The number of methoxy groups -OCH3 is 1. The SMILES string of the molecule is CCNC(=NCc1ccc(C(=O)N(C)C)cc1)NCC1CCN(c2ccccc2OC)C1. The molecule has 2 N–H and O–H groups in total. The van der Waals surface area contributed by atoms with Crippen LogP contribution in [0, 0.1) is 5.92 Å². The van der Waals surface area contributed by atoms with Gasteiger partial charge in [0.15, 0.2) is 5.96 Å². The minimum atomic E-state index is 0.00814. The number of hydrogen-bond acceptors (Lipinski definition) is 4. The molecule has 2 aromatic rings. The number of para-hydroxylation sites is 2. The number of carbonyl (C=O) groups is 1. The second-order valence-corrected chi connectivity index (χ2v) is 8.25. The number of rotatable bonds is 8. The summed E-state index contributed by atoms with van der Waals surface area (Å²) in [7, 11) is 5.24. The lowest BCUT2D eigenvalue weighted by Crippen LogP contribution is -2.40. The minimum Gasteiger partial charge on any atom is -0.495 e. The molecule has 1 heterocycles. The molecular formula is C25H35N5O2. The van der Waals surface area contributed by atoms with Gasteiger partial charge >= 0.3 is 0 Å². The van der Waals surface area contributed by atoms with Crippen LogP contribution in [0.4, 0.5) is 5.69 Å². The molecule has 1 saturated heterocycles. The standard InChI is InChI=1S/C25H35N5O2/c1-5-26-25(27-16-19-10-12-21(13-11-19)24(31)29(2)3)28-17-20-14-15-30(18-20)22-8-6-7-9-23(22)32-4/h6-13,20H,5,14-18H2,1-4H3,(H2,26,27,28). The molecular weight excluding hydrogens is 402 g/mol. The first-order valence-corrected chi connectivity index (χ1v) is 11.2. The zero-order valence-electron chi connectivity index (χ0n) is 19.6. The van der Waals surface area contributed by atoms with Crippen LogP contribution in [0.3, 0.4) is 0 Å². The van der Waals surface area contributed by atoms with Gasteiger partial charge in [-0.25, -0.2) is 4.99 Å². The van der Waals surface area contributed by atoms with Gasteiger partial charge in [0.1, 0.15) is 5.75 Å². The van der Waals surface area contributed by atoms with Crippen molar-refractivity contribution in [2.75, 3.05) is 52.3 Å². The van der Waals surface area contributed by atoms with Gasteiger partial charge in [-0.15, -0.1) is 0 Å². The van der Waals surface area contributed by atoms with Crippen LogP contribution in [0.2, 0.25) is 0 Å². The van der Waals surface area contributed by atoms with Gasteiger partial charge in [0.2, 0.25) is 0 Å². The van der Waals surface area contributed by atoms with Crippen molar-refractivity contribution in [2.45, 2.75) is 19.9 Å². The zero-order valence-corrected chi connectivity index (χ0v) is 19.6. The molecule has 0 radical (unpaired) electrons. The molecule has 32 heavy (non-hydrogen) atoms. The highest BCUT2D eigenvalue weighted by molar-refractivity contribution is 5.93. The average Bonchev–Trinajstić information content (AvgIpc) is 3.29. The first-order valence-electron chi connectivity index (χ1n) is 11.2. The van der Waals surface area contributed by atoms with E-state index >= 15 is 0 Å². The first-order chi connectivity index (χ1) is 15.5. The number of anilines is 1. The molecule has 1 aliphatic rings. The van der Waals surface area contributed by atoms with Gasteiger partial charge in [0.25, 0.3) is 5.91 Å². The molecule has 1 atom stereocenters. The highest BCUT2D eigenvalue weighted by atomic mass is 16.5. The lowest BCUT2D eigenvalue weighted by atomic mass is 10.1. The van der Waals surface area contributed by atoms with Gasteiger partial charge in [0, 0.05) is 45.8 Å². The van der Waals surface area contributed by atoms with Crippen LogP contribution in [-0.4, -0.2) is 64.2 Å².